The Balaban J connectivity index is 2.19. The van der Waals surface area contributed by atoms with Crippen LogP contribution in [0.2, 0.25) is 0 Å². The zero-order valence-corrected chi connectivity index (χ0v) is 11.5. The van der Waals surface area contributed by atoms with E-state index in [0.29, 0.717) is 19.0 Å². The summed E-state index contributed by atoms with van der Waals surface area (Å²) in [5.41, 5.74) is -1.57. The lowest BCUT2D eigenvalue weighted by Gasteiger charge is -2.31. The van der Waals surface area contributed by atoms with Crippen molar-refractivity contribution in [1.82, 2.24) is 15.1 Å². The number of hydrogen-bond acceptors (Lipinski definition) is 2. The van der Waals surface area contributed by atoms with Gasteiger partial charge in [-0.1, -0.05) is 13.3 Å². The molecule has 1 aromatic rings. The van der Waals surface area contributed by atoms with Gasteiger partial charge in [-0.25, -0.2) is 0 Å². The fourth-order valence-corrected chi connectivity index (χ4v) is 2.62. The first-order chi connectivity index (χ1) is 9.34. The summed E-state index contributed by atoms with van der Waals surface area (Å²) in [4.78, 5) is 13.7. The number of carbonyl (C=O) groups is 1. The van der Waals surface area contributed by atoms with E-state index in [1.807, 2.05) is 0 Å². The summed E-state index contributed by atoms with van der Waals surface area (Å²) in [5, 5.41) is 5.83. The van der Waals surface area contributed by atoms with Gasteiger partial charge >= 0.3 is 6.18 Å². The Bertz CT molecular complexity index is 488. The molecule has 4 nitrogen and oxygen atoms in total. The van der Waals surface area contributed by atoms with Gasteiger partial charge in [0.2, 0.25) is 0 Å². The minimum absolute atomic E-state index is 0.121. The second-order valence-electron chi connectivity index (χ2n) is 5.21. The third-order valence-corrected chi connectivity index (χ3v) is 3.91. The van der Waals surface area contributed by atoms with Gasteiger partial charge in [0.25, 0.3) is 5.91 Å². The van der Waals surface area contributed by atoms with Gasteiger partial charge in [-0.3, -0.25) is 9.89 Å². The van der Waals surface area contributed by atoms with Crippen LogP contribution in [0.1, 0.15) is 47.9 Å². The predicted octanol–water partition coefficient (Wildman–Crippen LogP) is 3.00. The van der Waals surface area contributed by atoms with Crippen LogP contribution in [0.3, 0.4) is 0 Å². The van der Waals surface area contributed by atoms with Crippen LogP contribution in [-0.4, -0.2) is 34.1 Å². The maximum absolute atomic E-state index is 13.0. The molecule has 0 spiro atoms. The van der Waals surface area contributed by atoms with Crippen molar-refractivity contribution in [3.8, 4) is 0 Å². The molecule has 20 heavy (non-hydrogen) atoms. The smallest absolute Gasteiger partial charge is 0.337 e. The first-order valence-corrected chi connectivity index (χ1v) is 6.76. The zero-order chi connectivity index (χ0) is 14.9. The molecular formula is C13H18F3N3O. The molecule has 0 saturated carbocycles. The predicted molar refractivity (Wildman–Crippen MR) is 67.2 cm³/mol. The molecule has 0 unspecified atom stereocenters. The number of aromatic nitrogens is 2. The van der Waals surface area contributed by atoms with E-state index in [-0.39, 0.29) is 5.69 Å². The zero-order valence-electron chi connectivity index (χ0n) is 11.5. The number of piperidine rings is 1. The Labute approximate surface area is 115 Å². The summed E-state index contributed by atoms with van der Waals surface area (Å²) in [5.74, 6) is -0.0710. The Morgan fingerprint density at radius 2 is 2.00 bits per heavy atom. The van der Waals surface area contributed by atoms with E-state index in [4.69, 9.17) is 0 Å². The second-order valence-corrected chi connectivity index (χ2v) is 5.21. The number of likely N-dealkylation sites (tertiary alicyclic amines) is 1. The first kappa shape index (κ1) is 14.9. The number of halogens is 3. The van der Waals surface area contributed by atoms with E-state index in [0.717, 1.165) is 19.3 Å². The third-order valence-electron chi connectivity index (χ3n) is 3.91. The highest BCUT2D eigenvalue weighted by Crippen LogP contribution is 2.34. The van der Waals surface area contributed by atoms with Crippen molar-refractivity contribution < 1.29 is 18.0 Å². The molecule has 1 amide bonds. The molecule has 1 aliphatic heterocycles. The monoisotopic (exact) mass is 289 g/mol. The van der Waals surface area contributed by atoms with E-state index >= 15 is 0 Å². The van der Waals surface area contributed by atoms with Crippen molar-refractivity contribution in [3.05, 3.63) is 17.0 Å². The van der Waals surface area contributed by atoms with E-state index in [9.17, 15) is 18.0 Å². The molecule has 0 aromatic carbocycles. The lowest BCUT2D eigenvalue weighted by atomic mass is 9.94. The largest absolute Gasteiger partial charge is 0.420 e. The topological polar surface area (TPSA) is 49.0 Å². The molecule has 2 rings (SSSR count). The average molecular weight is 289 g/mol. The van der Waals surface area contributed by atoms with Crippen LogP contribution in [0.5, 0.6) is 0 Å². The number of nitrogens with one attached hydrogen (secondary N) is 1. The molecular weight excluding hydrogens is 271 g/mol. The number of nitrogens with zero attached hydrogens (tertiary/aromatic N) is 2. The van der Waals surface area contributed by atoms with Gasteiger partial charge in [0, 0.05) is 18.8 Å². The maximum atomic E-state index is 13.0. The molecule has 0 aliphatic carbocycles. The quantitative estimate of drug-likeness (QED) is 0.910. The van der Waals surface area contributed by atoms with Crippen LogP contribution < -0.4 is 0 Å². The average Bonchev–Trinajstić information content (AvgIpc) is 2.80. The summed E-state index contributed by atoms with van der Waals surface area (Å²) < 4.78 is 38.9. The summed E-state index contributed by atoms with van der Waals surface area (Å²) in [7, 11) is 0. The highest BCUT2D eigenvalue weighted by molar-refractivity contribution is 5.94. The second kappa shape index (κ2) is 5.46. The molecule has 112 valence electrons. The third kappa shape index (κ3) is 2.81. The minimum Gasteiger partial charge on any atom is -0.337 e. The summed E-state index contributed by atoms with van der Waals surface area (Å²) in [6.07, 6.45) is -1.85. The highest BCUT2D eigenvalue weighted by atomic mass is 19.4. The van der Waals surface area contributed by atoms with Crippen molar-refractivity contribution in [1.29, 1.82) is 0 Å². The molecule has 1 saturated heterocycles. The van der Waals surface area contributed by atoms with Crippen LogP contribution >= 0.6 is 0 Å². The Morgan fingerprint density at radius 1 is 1.40 bits per heavy atom. The van der Waals surface area contributed by atoms with Gasteiger partial charge in [-0.05, 0) is 25.7 Å². The Kier molecular flexibility index (Phi) is 4.06. The molecule has 7 heteroatoms. The lowest BCUT2D eigenvalue weighted by Crippen LogP contribution is -2.39. The molecule has 0 radical (unpaired) electrons. The molecule has 2 heterocycles. The lowest BCUT2D eigenvalue weighted by molar-refractivity contribution is -0.138. The van der Waals surface area contributed by atoms with Gasteiger partial charge in [0.15, 0.2) is 5.69 Å². The standard InChI is InChI=1S/C13H18F3N3O/c1-3-9-4-6-19(7-5-9)12(20)11-10(13(14,15)16)8(2)17-18-11/h9H,3-7H2,1-2H3,(H,17,18). The summed E-state index contributed by atoms with van der Waals surface area (Å²) in [6, 6.07) is 0. The van der Waals surface area contributed by atoms with E-state index in [2.05, 4.69) is 17.1 Å². The number of rotatable bonds is 2. The Morgan fingerprint density at radius 3 is 2.50 bits per heavy atom. The summed E-state index contributed by atoms with van der Waals surface area (Å²) >= 11 is 0. The number of aromatic amines is 1. The minimum atomic E-state index is -4.57. The highest BCUT2D eigenvalue weighted by Gasteiger charge is 2.40. The van der Waals surface area contributed by atoms with Crippen LogP contribution in [0.25, 0.3) is 0 Å². The number of carbonyl (C=O) groups excluding carboxylic acids is 1. The van der Waals surface area contributed by atoms with Gasteiger partial charge in [-0.15, -0.1) is 0 Å². The maximum Gasteiger partial charge on any atom is 0.420 e. The number of alkyl halides is 3. The number of amides is 1. The number of hydrogen-bond donors (Lipinski definition) is 1. The molecule has 1 N–H and O–H groups in total. The SMILES string of the molecule is CCC1CCN(C(=O)c2n[nH]c(C)c2C(F)(F)F)CC1. The van der Waals surface area contributed by atoms with E-state index in [1.165, 1.54) is 11.8 Å². The first-order valence-electron chi connectivity index (χ1n) is 6.76. The molecule has 1 aliphatic rings. The van der Waals surface area contributed by atoms with Gasteiger partial charge in [0.05, 0.1) is 0 Å². The normalized spacial score (nSPS) is 17.6. The van der Waals surface area contributed by atoms with Crippen LogP contribution in [0.4, 0.5) is 13.2 Å². The van der Waals surface area contributed by atoms with Crippen molar-refractivity contribution in [2.24, 2.45) is 5.92 Å². The van der Waals surface area contributed by atoms with Crippen molar-refractivity contribution in [2.45, 2.75) is 39.3 Å². The fourth-order valence-electron chi connectivity index (χ4n) is 2.62. The molecule has 0 bridgehead atoms. The van der Waals surface area contributed by atoms with Gasteiger partial charge in [-0.2, -0.15) is 18.3 Å². The Hall–Kier alpha value is -1.53. The van der Waals surface area contributed by atoms with Gasteiger partial charge in [0.1, 0.15) is 5.56 Å². The van der Waals surface area contributed by atoms with Crippen molar-refractivity contribution in [2.75, 3.05) is 13.1 Å². The molecule has 1 fully saturated rings. The summed E-state index contributed by atoms with van der Waals surface area (Å²) in [6.45, 7) is 4.36. The fraction of sp³-hybridized carbons (Fsp3) is 0.692. The van der Waals surface area contributed by atoms with Crippen LogP contribution in [-0.2, 0) is 6.18 Å². The van der Waals surface area contributed by atoms with Gasteiger partial charge < -0.3 is 4.90 Å². The van der Waals surface area contributed by atoms with E-state index in [1.54, 1.807) is 0 Å². The number of H-pyrrole nitrogens is 1. The van der Waals surface area contributed by atoms with E-state index < -0.39 is 23.3 Å². The van der Waals surface area contributed by atoms with Crippen molar-refractivity contribution in [3.63, 3.8) is 0 Å². The van der Waals surface area contributed by atoms with Crippen LogP contribution in [0.15, 0.2) is 0 Å². The number of aryl methyl sites for hydroxylation is 1. The molecule has 0 atom stereocenters. The van der Waals surface area contributed by atoms with Crippen molar-refractivity contribution >= 4 is 5.91 Å². The molecule has 1 aromatic heterocycles. The van der Waals surface area contributed by atoms with Crippen LogP contribution in [0, 0.1) is 12.8 Å².